The largest absolute Gasteiger partial charge is 0.659 e. The Kier molecular flexibility index (Phi) is 8.06. The maximum atomic E-state index is 4.89. The van der Waals surface area contributed by atoms with Crippen molar-refractivity contribution in [2.75, 3.05) is 0 Å². The first kappa shape index (κ1) is 17.9. The minimum absolute atomic E-state index is 0.556. The van der Waals surface area contributed by atoms with Gasteiger partial charge in [0.05, 0.1) is 0 Å². The molecule has 0 unspecified atom stereocenters. The number of hydrogen-bond acceptors (Lipinski definition) is 0. The van der Waals surface area contributed by atoms with Gasteiger partial charge in [-0.3, -0.25) is 0 Å². The molecule has 23 heavy (non-hydrogen) atoms. The van der Waals surface area contributed by atoms with Crippen LogP contribution in [-0.4, -0.2) is 0 Å². The van der Waals surface area contributed by atoms with Crippen molar-refractivity contribution in [2.24, 2.45) is 0 Å². The molecule has 0 fully saturated rings. The van der Waals surface area contributed by atoms with E-state index in [1.165, 1.54) is 0 Å². The van der Waals surface area contributed by atoms with Gasteiger partial charge in [-0.1, -0.05) is 84.9 Å². The summed E-state index contributed by atoms with van der Waals surface area (Å²) in [6.45, 7) is 0. The third kappa shape index (κ3) is 6.28. The Balaban J connectivity index is 0.000000595. The molecule has 0 spiro atoms. The average molecular weight is 377 g/mol. The van der Waals surface area contributed by atoms with Gasteiger partial charge < -0.3 is 10.6 Å². The van der Waals surface area contributed by atoms with E-state index in [4.69, 9.17) is 18.6 Å². The van der Waals surface area contributed by atoms with Gasteiger partial charge >= 0.3 is 35.6 Å². The molecule has 116 valence electrons. The van der Waals surface area contributed by atoms with Gasteiger partial charge in [0.1, 0.15) is 0 Å². The van der Waals surface area contributed by atoms with Crippen LogP contribution in [0.3, 0.4) is 0 Å². The second-order valence-corrected chi connectivity index (χ2v) is 7.03. The molecule has 0 saturated heterocycles. The number of para-hydroxylation sites is 4. The summed E-state index contributed by atoms with van der Waals surface area (Å²) in [7, 11) is 9.78. The maximum absolute atomic E-state index is 4.89. The first-order chi connectivity index (χ1) is 11.3. The summed E-state index contributed by atoms with van der Waals surface area (Å²) in [6, 6.07) is 27.8. The molecule has 0 atom stereocenters. The van der Waals surface area contributed by atoms with Crippen molar-refractivity contribution in [3.8, 4) is 0 Å². The van der Waals surface area contributed by atoms with Crippen molar-refractivity contribution in [2.45, 2.75) is 0 Å². The molecule has 0 amide bonds. The molecular formula is C18H14Cl2N2Ti-2. The van der Waals surface area contributed by atoms with Gasteiger partial charge in [-0.25, -0.2) is 0 Å². The SMILES string of the molecule is [Cl][Ti][Cl].c1ccc([N-]c2ccccc2[N-]c2ccccc2)cc1. The molecule has 0 aliphatic heterocycles. The maximum Gasteiger partial charge on any atom is -0.0624 e. The fraction of sp³-hybridized carbons (Fsp3) is 0. The van der Waals surface area contributed by atoms with Crippen molar-refractivity contribution in [3.63, 3.8) is 0 Å². The zero-order valence-electron chi connectivity index (χ0n) is 12.2. The van der Waals surface area contributed by atoms with Gasteiger partial charge in [0.15, 0.2) is 0 Å². The van der Waals surface area contributed by atoms with Gasteiger partial charge in [-0.2, -0.15) is 11.4 Å². The van der Waals surface area contributed by atoms with Crippen LogP contribution in [0.2, 0.25) is 0 Å². The molecule has 3 aromatic rings. The summed E-state index contributed by atoms with van der Waals surface area (Å²) >= 11 is -0.556. The number of rotatable bonds is 4. The quantitative estimate of drug-likeness (QED) is 0.416. The monoisotopic (exact) mass is 376 g/mol. The molecule has 3 rings (SSSR count). The Bertz CT molecular complexity index is 633. The second kappa shape index (κ2) is 10.4. The van der Waals surface area contributed by atoms with E-state index in [0.717, 1.165) is 22.7 Å². The molecule has 0 aliphatic rings. The van der Waals surface area contributed by atoms with Crippen LogP contribution >= 0.6 is 18.6 Å². The van der Waals surface area contributed by atoms with E-state index in [2.05, 4.69) is 10.6 Å². The molecule has 3 aromatic carbocycles. The van der Waals surface area contributed by atoms with Crippen molar-refractivity contribution in [3.05, 3.63) is 95.6 Å². The van der Waals surface area contributed by atoms with Crippen molar-refractivity contribution < 1.29 is 17.0 Å². The summed E-state index contributed by atoms with van der Waals surface area (Å²) in [5, 5.41) is 9.29. The van der Waals surface area contributed by atoms with E-state index in [-0.39, 0.29) is 0 Å². The van der Waals surface area contributed by atoms with Crippen molar-refractivity contribution >= 4 is 41.4 Å². The topological polar surface area (TPSA) is 28.2 Å². The van der Waals surface area contributed by atoms with Crippen LogP contribution in [0.5, 0.6) is 0 Å². The predicted octanol–water partition coefficient (Wildman–Crippen LogP) is 7.74. The van der Waals surface area contributed by atoms with E-state index in [1.54, 1.807) is 0 Å². The van der Waals surface area contributed by atoms with Crippen LogP contribution in [0.1, 0.15) is 0 Å². The van der Waals surface area contributed by atoms with E-state index in [0.29, 0.717) is 0 Å². The van der Waals surface area contributed by atoms with Gasteiger partial charge in [-0.05, 0) is 0 Å². The van der Waals surface area contributed by atoms with Gasteiger partial charge in [-0.15, -0.1) is 11.4 Å². The van der Waals surface area contributed by atoms with E-state index in [1.807, 2.05) is 84.9 Å². The zero-order valence-corrected chi connectivity index (χ0v) is 15.3. The molecule has 0 N–H and O–H groups in total. The molecule has 0 heterocycles. The summed E-state index contributed by atoms with van der Waals surface area (Å²) < 4.78 is 0. The molecule has 0 saturated carbocycles. The second-order valence-electron chi connectivity index (χ2n) is 4.45. The van der Waals surface area contributed by atoms with E-state index < -0.39 is 17.0 Å². The van der Waals surface area contributed by atoms with Gasteiger partial charge in [0.25, 0.3) is 0 Å². The summed E-state index contributed by atoms with van der Waals surface area (Å²) in [5.74, 6) is 0. The first-order valence-corrected chi connectivity index (χ1v) is 11.2. The standard InChI is InChI=1S/C18H14N2.2ClH.Ti/c1-3-9-15(10-4-1)19-17-13-7-8-14-18(17)20-16-11-5-2-6-12-16;;;/h1-14H;2*1H;/q-2;;;+2/p-2. The van der Waals surface area contributed by atoms with Crippen LogP contribution in [-0.2, 0) is 17.0 Å². The van der Waals surface area contributed by atoms with Crippen molar-refractivity contribution in [1.82, 2.24) is 0 Å². The van der Waals surface area contributed by atoms with Gasteiger partial charge in [0.2, 0.25) is 0 Å². The fourth-order valence-corrected chi connectivity index (χ4v) is 1.94. The molecule has 0 aromatic heterocycles. The Labute approximate surface area is 153 Å². The number of halogens is 2. The summed E-state index contributed by atoms with van der Waals surface area (Å²) in [5.41, 5.74) is 3.62. The van der Waals surface area contributed by atoms with E-state index in [9.17, 15) is 0 Å². The average Bonchev–Trinajstić information content (AvgIpc) is 2.59. The molecule has 0 radical (unpaired) electrons. The zero-order chi connectivity index (χ0) is 16.3. The summed E-state index contributed by atoms with van der Waals surface area (Å²) in [4.78, 5) is 0. The number of benzene rings is 3. The van der Waals surface area contributed by atoms with Gasteiger partial charge in [0, 0.05) is 0 Å². The third-order valence-electron chi connectivity index (χ3n) is 2.89. The fourth-order valence-electron chi connectivity index (χ4n) is 1.94. The number of hydrogen-bond donors (Lipinski definition) is 0. The molecule has 0 bridgehead atoms. The molecular weight excluding hydrogens is 363 g/mol. The van der Waals surface area contributed by atoms with Crippen LogP contribution in [0, 0.1) is 0 Å². The molecule has 5 heteroatoms. The minimum atomic E-state index is -0.556. The van der Waals surface area contributed by atoms with Crippen molar-refractivity contribution in [1.29, 1.82) is 0 Å². The Hall–Kier alpha value is -1.45. The van der Waals surface area contributed by atoms with Crippen LogP contribution in [0.25, 0.3) is 10.6 Å². The number of nitrogens with zero attached hydrogens (tertiary/aromatic N) is 2. The first-order valence-electron chi connectivity index (χ1n) is 6.92. The molecule has 0 aliphatic carbocycles. The normalized spacial score (nSPS) is 9.30. The summed E-state index contributed by atoms with van der Waals surface area (Å²) in [6.07, 6.45) is 0. The van der Waals surface area contributed by atoms with Crippen LogP contribution in [0.4, 0.5) is 22.7 Å². The Morgan fingerprint density at radius 1 is 0.522 bits per heavy atom. The van der Waals surface area contributed by atoms with Crippen LogP contribution in [0.15, 0.2) is 84.9 Å². The smallest absolute Gasteiger partial charge is 0.0624 e. The Morgan fingerprint density at radius 3 is 1.17 bits per heavy atom. The van der Waals surface area contributed by atoms with E-state index >= 15 is 0 Å². The minimum Gasteiger partial charge on any atom is -0.659 e. The third-order valence-corrected chi connectivity index (χ3v) is 2.89. The Morgan fingerprint density at radius 2 is 0.826 bits per heavy atom. The predicted molar refractivity (Wildman–Crippen MR) is 96.4 cm³/mol. The molecule has 2 nitrogen and oxygen atoms in total. The van der Waals surface area contributed by atoms with Crippen LogP contribution < -0.4 is 0 Å².